The normalized spacial score (nSPS) is 10.7. The highest BCUT2D eigenvalue weighted by Gasteiger charge is 2.11. The molecule has 0 unspecified atom stereocenters. The molecule has 0 atom stereocenters. The standard InChI is InChI=1S/C14H17ClN4/c1-3-10-8-11(4-2)19(18-10)13-6-5-9(14(16)17)7-12(13)15/h5-8H,3-4H2,1-2H3,(H3,16,17). The van der Waals surface area contributed by atoms with Gasteiger partial charge in [-0.05, 0) is 37.1 Å². The van der Waals surface area contributed by atoms with Crippen LogP contribution in [0.25, 0.3) is 5.69 Å². The molecule has 0 fully saturated rings. The Balaban J connectivity index is 2.52. The van der Waals surface area contributed by atoms with Crippen molar-refractivity contribution in [1.82, 2.24) is 9.78 Å². The highest BCUT2D eigenvalue weighted by atomic mass is 35.5. The summed E-state index contributed by atoms with van der Waals surface area (Å²) in [6, 6.07) is 7.43. The Bertz CT molecular complexity index is 616. The molecule has 0 amide bonds. The minimum atomic E-state index is 0.0128. The van der Waals surface area contributed by atoms with Crippen molar-refractivity contribution in [3.63, 3.8) is 0 Å². The number of aryl methyl sites for hydroxylation is 2. The molecular weight excluding hydrogens is 260 g/mol. The van der Waals surface area contributed by atoms with Gasteiger partial charge in [-0.15, -0.1) is 0 Å². The second-order valence-corrected chi connectivity index (χ2v) is 4.73. The number of nitrogens with one attached hydrogen (secondary N) is 1. The Hall–Kier alpha value is -1.81. The number of benzene rings is 1. The van der Waals surface area contributed by atoms with E-state index in [1.165, 1.54) is 0 Å². The Kier molecular flexibility index (Phi) is 3.90. The van der Waals surface area contributed by atoms with E-state index in [0.29, 0.717) is 10.6 Å². The van der Waals surface area contributed by atoms with Crippen molar-refractivity contribution in [3.8, 4) is 5.69 Å². The van der Waals surface area contributed by atoms with Gasteiger partial charge in [0, 0.05) is 11.3 Å². The molecule has 4 nitrogen and oxygen atoms in total. The van der Waals surface area contributed by atoms with Gasteiger partial charge in [-0.1, -0.05) is 25.4 Å². The zero-order chi connectivity index (χ0) is 14.0. The van der Waals surface area contributed by atoms with Crippen LogP contribution < -0.4 is 5.73 Å². The van der Waals surface area contributed by atoms with E-state index in [4.69, 9.17) is 22.7 Å². The molecular formula is C14H17ClN4. The topological polar surface area (TPSA) is 67.7 Å². The number of halogens is 1. The summed E-state index contributed by atoms with van der Waals surface area (Å²) in [5.41, 5.74) is 9.06. The molecule has 1 aromatic heterocycles. The molecule has 2 rings (SSSR count). The molecule has 0 aliphatic heterocycles. The van der Waals surface area contributed by atoms with Gasteiger partial charge in [-0.25, -0.2) is 4.68 Å². The van der Waals surface area contributed by atoms with E-state index in [9.17, 15) is 0 Å². The highest BCUT2D eigenvalue weighted by Crippen LogP contribution is 2.23. The maximum atomic E-state index is 7.42. The van der Waals surface area contributed by atoms with Gasteiger partial charge >= 0.3 is 0 Å². The van der Waals surface area contributed by atoms with E-state index in [1.54, 1.807) is 12.1 Å². The van der Waals surface area contributed by atoms with Crippen LogP contribution in [0.15, 0.2) is 24.3 Å². The van der Waals surface area contributed by atoms with E-state index >= 15 is 0 Å². The quantitative estimate of drug-likeness (QED) is 0.666. The first-order valence-electron chi connectivity index (χ1n) is 6.29. The lowest BCUT2D eigenvalue weighted by Crippen LogP contribution is -2.11. The lowest BCUT2D eigenvalue weighted by molar-refractivity contribution is 0.794. The van der Waals surface area contributed by atoms with Gasteiger partial charge in [-0.3, -0.25) is 5.41 Å². The molecule has 2 aromatic rings. The van der Waals surface area contributed by atoms with E-state index in [1.807, 2.05) is 10.7 Å². The molecule has 0 saturated heterocycles. The number of hydrogen-bond donors (Lipinski definition) is 2. The van der Waals surface area contributed by atoms with Gasteiger partial charge in [0.2, 0.25) is 0 Å². The monoisotopic (exact) mass is 276 g/mol. The second kappa shape index (κ2) is 5.45. The van der Waals surface area contributed by atoms with Crippen molar-refractivity contribution in [2.75, 3.05) is 0 Å². The maximum Gasteiger partial charge on any atom is 0.122 e. The van der Waals surface area contributed by atoms with Gasteiger partial charge in [0.1, 0.15) is 5.84 Å². The summed E-state index contributed by atoms with van der Waals surface area (Å²) in [5.74, 6) is 0.0128. The van der Waals surface area contributed by atoms with Gasteiger partial charge in [-0.2, -0.15) is 5.10 Å². The summed E-state index contributed by atoms with van der Waals surface area (Å²) in [6.45, 7) is 4.16. The van der Waals surface area contributed by atoms with Crippen LogP contribution in [0, 0.1) is 5.41 Å². The van der Waals surface area contributed by atoms with Crippen LogP contribution in [-0.2, 0) is 12.8 Å². The molecule has 19 heavy (non-hydrogen) atoms. The first-order chi connectivity index (χ1) is 9.06. The number of nitrogens with zero attached hydrogens (tertiary/aromatic N) is 2. The molecule has 1 heterocycles. The lowest BCUT2D eigenvalue weighted by Gasteiger charge is -2.09. The van der Waals surface area contributed by atoms with Crippen LogP contribution in [0.1, 0.15) is 30.8 Å². The van der Waals surface area contributed by atoms with Crippen LogP contribution in [0.3, 0.4) is 0 Å². The predicted octanol–water partition coefficient (Wildman–Crippen LogP) is 2.93. The van der Waals surface area contributed by atoms with Crippen LogP contribution >= 0.6 is 11.6 Å². The smallest absolute Gasteiger partial charge is 0.122 e. The van der Waals surface area contributed by atoms with Crippen molar-refractivity contribution < 1.29 is 0 Å². The van der Waals surface area contributed by atoms with Gasteiger partial charge in [0.15, 0.2) is 0 Å². The summed E-state index contributed by atoms with van der Waals surface area (Å²) in [6.07, 6.45) is 1.78. The highest BCUT2D eigenvalue weighted by molar-refractivity contribution is 6.32. The van der Waals surface area contributed by atoms with Crippen molar-refractivity contribution >= 4 is 17.4 Å². The fourth-order valence-corrected chi connectivity index (χ4v) is 2.21. The van der Waals surface area contributed by atoms with Crippen molar-refractivity contribution in [2.45, 2.75) is 26.7 Å². The molecule has 1 aromatic carbocycles. The minimum absolute atomic E-state index is 0.0128. The largest absolute Gasteiger partial charge is 0.384 e. The number of rotatable bonds is 4. The van der Waals surface area contributed by atoms with Crippen LogP contribution in [-0.4, -0.2) is 15.6 Å². The Morgan fingerprint density at radius 2 is 2.05 bits per heavy atom. The first-order valence-corrected chi connectivity index (χ1v) is 6.66. The average Bonchev–Trinajstić information content (AvgIpc) is 2.81. The summed E-state index contributed by atoms with van der Waals surface area (Å²) in [4.78, 5) is 0. The molecule has 0 bridgehead atoms. The zero-order valence-corrected chi connectivity index (χ0v) is 11.8. The fraction of sp³-hybridized carbons (Fsp3) is 0.286. The third-order valence-corrected chi connectivity index (χ3v) is 3.35. The Morgan fingerprint density at radius 1 is 1.32 bits per heavy atom. The van der Waals surface area contributed by atoms with Crippen LogP contribution in [0.4, 0.5) is 0 Å². The fourth-order valence-electron chi connectivity index (χ4n) is 1.95. The number of aromatic nitrogens is 2. The van der Waals surface area contributed by atoms with E-state index in [2.05, 4.69) is 25.0 Å². The van der Waals surface area contributed by atoms with E-state index in [0.717, 1.165) is 29.9 Å². The summed E-state index contributed by atoms with van der Waals surface area (Å²) >= 11 is 6.28. The maximum absolute atomic E-state index is 7.42. The van der Waals surface area contributed by atoms with Gasteiger partial charge < -0.3 is 5.73 Å². The zero-order valence-electron chi connectivity index (χ0n) is 11.1. The number of hydrogen-bond acceptors (Lipinski definition) is 2. The molecule has 5 heteroatoms. The third kappa shape index (κ3) is 2.63. The van der Waals surface area contributed by atoms with Crippen LogP contribution in [0.5, 0.6) is 0 Å². The van der Waals surface area contributed by atoms with Crippen molar-refractivity contribution in [2.24, 2.45) is 5.73 Å². The lowest BCUT2D eigenvalue weighted by atomic mass is 10.2. The van der Waals surface area contributed by atoms with Gasteiger partial charge in [0.25, 0.3) is 0 Å². The van der Waals surface area contributed by atoms with E-state index < -0.39 is 0 Å². The second-order valence-electron chi connectivity index (χ2n) is 4.33. The Morgan fingerprint density at radius 3 is 2.58 bits per heavy atom. The summed E-state index contributed by atoms with van der Waals surface area (Å²) in [5, 5.41) is 12.5. The molecule has 100 valence electrons. The van der Waals surface area contributed by atoms with Crippen molar-refractivity contribution in [3.05, 3.63) is 46.2 Å². The van der Waals surface area contributed by atoms with E-state index in [-0.39, 0.29) is 5.84 Å². The number of nitrogen functional groups attached to an aromatic ring is 1. The number of amidine groups is 1. The van der Waals surface area contributed by atoms with Gasteiger partial charge in [0.05, 0.1) is 16.4 Å². The minimum Gasteiger partial charge on any atom is -0.384 e. The Labute approximate surface area is 117 Å². The molecule has 0 radical (unpaired) electrons. The first kappa shape index (κ1) is 13.6. The number of nitrogens with two attached hydrogens (primary N) is 1. The summed E-state index contributed by atoms with van der Waals surface area (Å²) < 4.78 is 1.87. The molecule has 0 saturated carbocycles. The van der Waals surface area contributed by atoms with Crippen LogP contribution in [0.2, 0.25) is 5.02 Å². The average molecular weight is 277 g/mol. The molecule has 3 N–H and O–H groups in total. The predicted molar refractivity (Wildman–Crippen MR) is 78.3 cm³/mol. The third-order valence-electron chi connectivity index (χ3n) is 3.05. The van der Waals surface area contributed by atoms with Crippen molar-refractivity contribution in [1.29, 1.82) is 5.41 Å². The molecule has 0 spiro atoms. The molecule has 0 aliphatic carbocycles. The molecule has 0 aliphatic rings. The SMILES string of the molecule is CCc1cc(CC)n(-c2ccc(C(=N)N)cc2Cl)n1. The summed E-state index contributed by atoms with van der Waals surface area (Å²) in [7, 11) is 0.